The summed E-state index contributed by atoms with van der Waals surface area (Å²) in [5, 5.41) is 24.8. The maximum absolute atomic E-state index is 10.2. The monoisotopic (exact) mass is 373 g/mol. The van der Waals surface area contributed by atoms with Crippen LogP contribution in [0.4, 0.5) is 0 Å². The van der Waals surface area contributed by atoms with Crippen LogP contribution < -0.4 is 0 Å². The molecule has 3 saturated carbocycles. The molecule has 0 spiro atoms. The van der Waals surface area contributed by atoms with Gasteiger partial charge in [-0.25, -0.2) is 4.98 Å². The molecule has 1 heterocycles. The Morgan fingerprint density at radius 2 is 2.04 bits per heavy atom. The highest BCUT2D eigenvalue weighted by Crippen LogP contribution is 2.63. The molecule has 1 aromatic rings. The normalized spacial score (nSPS) is 45.0. The number of aliphatic hydroxyl groups excluding tert-OH is 2. The van der Waals surface area contributed by atoms with Crippen LogP contribution >= 0.6 is 0 Å². The number of fused-ring (bicyclic) bond motifs is 1. The van der Waals surface area contributed by atoms with Gasteiger partial charge in [0.05, 0.1) is 6.10 Å². The largest absolute Gasteiger partial charge is 0.396 e. The van der Waals surface area contributed by atoms with Crippen LogP contribution in [0.3, 0.4) is 0 Å². The van der Waals surface area contributed by atoms with E-state index in [-0.39, 0.29) is 29.5 Å². The fourth-order valence-electron chi connectivity index (χ4n) is 6.98. The Morgan fingerprint density at radius 3 is 2.74 bits per heavy atom. The van der Waals surface area contributed by atoms with Crippen LogP contribution in [0, 0.1) is 34.5 Å². The molecular weight excluding hydrogens is 338 g/mol. The van der Waals surface area contributed by atoms with Gasteiger partial charge >= 0.3 is 0 Å². The quantitative estimate of drug-likeness (QED) is 0.793. The highest BCUT2D eigenvalue weighted by atomic mass is 16.3. The van der Waals surface area contributed by atoms with E-state index in [1.807, 2.05) is 11.0 Å². The van der Waals surface area contributed by atoms with Crippen molar-refractivity contribution in [1.29, 1.82) is 0 Å². The lowest BCUT2D eigenvalue weighted by Gasteiger charge is -2.56. The van der Waals surface area contributed by atoms with Crippen LogP contribution in [0.1, 0.15) is 58.8 Å². The molecule has 0 aliphatic heterocycles. The minimum Gasteiger partial charge on any atom is -0.396 e. The first-order valence-corrected chi connectivity index (χ1v) is 10.7. The summed E-state index contributed by atoms with van der Waals surface area (Å²) in [6.45, 7) is 10.3. The summed E-state index contributed by atoms with van der Waals surface area (Å²) in [5.74, 6) is 1.85. The summed E-state index contributed by atoms with van der Waals surface area (Å²) in [5.41, 5.74) is 1.74. The second-order valence-electron chi connectivity index (χ2n) is 9.91. The van der Waals surface area contributed by atoms with Crippen LogP contribution in [0.5, 0.6) is 0 Å². The number of allylic oxidation sites excluding steroid dienone is 1. The van der Waals surface area contributed by atoms with E-state index in [0.717, 1.165) is 32.2 Å². The van der Waals surface area contributed by atoms with E-state index in [0.29, 0.717) is 17.8 Å². The van der Waals surface area contributed by atoms with Crippen LogP contribution in [-0.2, 0) is 6.54 Å². The standard InChI is InChI=1S/C22H35N3O2/c1-15-4-5-19-18(11-25-14-23-13-24-25)20(7-9-21(15,19)2)22(3)8-6-17(27)10-16(22)12-26/h13-14,16-20,26-27H,1,4-12H2,2-3H3. The molecule has 0 saturated heterocycles. The van der Waals surface area contributed by atoms with Gasteiger partial charge in [0.1, 0.15) is 12.7 Å². The number of rotatable bonds is 4. The molecule has 0 bridgehead atoms. The molecule has 7 atom stereocenters. The number of aromatic nitrogens is 3. The predicted octanol–water partition coefficient (Wildman–Crippen LogP) is 3.44. The summed E-state index contributed by atoms with van der Waals surface area (Å²) < 4.78 is 2.00. The fraction of sp³-hybridized carbons (Fsp3) is 0.818. The molecule has 5 nitrogen and oxygen atoms in total. The average Bonchev–Trinajstić information content (AvgIpc) is 3.26. The molecule has 27 heavy (non-hydrogen) atoms. The van der Waals surface area contributed by atoms with E-state index in [1.54, 1.807) is 6.33 Å². The third-order valence-corrected chi connectivity index (χ3v) is 8.83. The van der Waals surface area contributed by atoms with Gasteiger partial charge in [0.15, 0.2) is 0 Å². The first kappa shape index (κ1) is 19.1. The Kier molecular flexibility index (Phi) is 4.96. The van der Waals surface area contributed by atoms with Gasteiger partial charge in [-0.15, -0.1) is 0 Å². The minimum atomic E-state index is -0.260. The average molecular weight is 374 g/mol. The molecule has 7 unspecified atom stereocenters. The summed E-state index contributed by atoms with van der Waals surface area (Å²) in [7, 11) is 0. The molecule has 3 fully saturated rings. The van der Waals surface area contributed by atoms with Crippen molar-refractivity contribution in [1.82, 2.24) is 14.8 Å². The highest BCUT2D eigenvalue weighted by molar-refractivity contribution is 5.20. The van der Waals surface area contributed by atoms with Crippen molar-refractivity contribution in [3.63, 3.8) is 0 Å². The van der Waals surface area contributed by atoms with Gasteiger partial charge in [0.25, 0.3) is 0 Å². The number of nitrogens with zero attached hydrogens (tertiary/aromatic N) is 3. The Morgan fingerprint density at radius 1 is 1.22 bits per heavy atom. The molecule has 5 heteroatoms. The van der Waals surface area contributed by atoms with Gasteiger partial charge in [-0.05, 0) is 79.4 Å². The molecule has 0 aromatic carbocycles. The highest BCUT2D eigenvalue weighted by Gasteiger charge is 2.56. The number of hydrogen-bond acceptors (Lipinski definition) is 4. The van der Waals surface area contributed by atoms with Crippen molar-refractivity contribution >= 4 is 0 Å². The van der Waals surface area contributed by atoms with Crippen molar-refractivity contribution in [2.24, 2.45) is 34.5 Å². The van der Waals surface area contributed by atoms with E-state index in [2.05, 4.69) is 30.5 Å². The summed E-state index contributed by atoms with van der Waals surface area (Å²) in [6.07, 6.45) is 10.5. The van der Waals surface area contributed by atoms with Gasteiger partial charge in [-0.1, -0.05) is 26.0 Å². The van der Waals surface area contributed by atoms with Crippen LogP contribution in [0.25, 0.3) is 0 Å². The van der Waals surface area contributed by atoms with E-state index in [1.165, 1.54) is 24.8 Å². The predicted molar refractivity (Wildman–Crippen MR) is 105 cm³/mol. The first-order chi connectivity index (χ1) is 12.9. The lowest BCUT2D eigenvalue weighted by Crippen LogP contribution is -2.52. The summed E-state index contributed by atoms with van der Waals surface area (Å²) >= 11 is 0. The topological polar surface area (TPSA) is 71.2 Å². The SMILES string of the molecule is C=C1CCC2C(Cn3cncn3)C(C3(C)CCC(O)CC3CO)CCC12C. The Labute approximate surface area is 162 Å². The molecule has 0 radical (unpaired) electrons. The lowest BCUT2D eigenvalue weighted by atomic mass is 9.49. The van der Waals surface area contributed by atoms with Crippen molar-refractivity contribution in [3.05, 3.63) is 24.8 Å². The second-order valence-corrected chi connectivity index (χ2v) is 9.91. The van der Waals surface area contributed by atoms with Gasteiger partial charge in [-0.3, -0.25) is 4.68 Å². The Balaban J connectivity index is 1.68. The van der Waals surface area contributed by atoms with Crippen LogP contribution in [-0.4, -0.2) is 37.7 Å². The van der Waals surface area contributed by atoms with Gasteiger partial charge in [0, 0.05) is 13.2 Å². The lowest BCUT2D eigenvalue weighted by molar-refractivity contribution is -0.0981. The van der Waals surface area contributed by atoms with Crippen molar-refractivity contribution < 1.29 is 10.2 Å². The fourth-order valence-corrected chi connectivity index (χ4v) is 6.98. The number of aliphatic hydroxyl groups is 2. The molecule has 0 amide bonds. The zero-order valence-corrected chi connectivity index (χ0v) is 16.8. The smallest absolute Gasteiger partial charge is 0.137 e. The zero-order valence-electron chi connectivity index (χ0n) is 16.8. The van der Waals surface area contributed by atoms with E-state index in [4.69, 9.17) is 0 Å². The van der Waals surface area contributed by atoms with Gasteiger partial charge < -0.3 is 10.2 Å². The Hall–Kier alpha value is -1.20. The number of hydrogen-bond donors (Lipinski definition) is 2. The molecule has 2 N–H and O–H groups in total. The van der Waals surface area contributed by atoms with Gasteiger partial charge in [-0.2, -0.15) is 5.10 Å². The van der Waals surface area contributed by atoms with Gasteiger partial charge in [0.2, 0.25) is 0 Å². The molecular formula is C22H35N3O2. The third-order valence-electron chi connectivity index (χ3n) is 8.83. The van der Waals surface area contributed by atoms with Crippen molar-refractivity contribution in [3.8, 4) is 0 Å². The Bertz CT molecular complexity index is 675. The van der Waals surface area contributed by atoms with Crippen LogP contribution in [0.15, 0.2) is 24.8 Å². The van der Waals surface area contributed by atoms with Crippen LogP contribution in [0.2, 0.25) is 0 Å². The molecule has 4 rings (SSSR count). The third kappa shape index (κ3) is 3.07. The molecule has 150 valence electrons. The zero-order chi connectivity index (χ0) is 19.2. The molecule has 3 aliphatic carbocycles. The second kappa shape index (κ2) is 7.00. The maximum atomic E-state index is 10.2. The molecule has 1 aromatic heterocycles. The maximum Gasteiger partial charge on any atom is 0.137 e. The molecule has 3 aliphatic rings. The van der Waals surface area contributed by atoms with E-state index < -0.39 is 0 Å². The van der Waals surface area contributed by atoms with Crippen molar-refractivity contribution in [2.75, 3.05) is 6.61 Å². The summed E-state index contributed by atoms with van der Waals surface area (Å²) in [6, 6.07) is 0. The summed E-state index contributed by atoms with van der Waals surface area (Å²) in [4.78, 5) is 4.16. The van der Waals surface area contributed by atoms with E-state index >= 15 is 0 Å². The van der Waals surface area contributed by atoms with E-state index in [9.17, 15) is 10.2 Å². The minimum absolute atomic E-state index is 0.0739. The van der Waals surface area contributed by atoms with Crippen molar-refractivity contribution in [2.45, 2.75) is 71.4 Å². The first-order valence-electron chi connectivity index (χ1n) is 10.7.